The number of aromatic nitrogens is 1. The van der Waals surface area contributed by atoms with Crippen LogP contribution in [0.15, 0.2) is 52.9 Å². The number of carbonyl (C=O) groups is 1. The molecule has 6 heteroatoms. The summed E-state index contributed by atoms with van der Waals surface area (Å²) in [5.41, 5.74) is 2.71. The fourth-order valence-electron chi connectivity index (χ4n) is 4.31. The number of hydrogen-bond acceptors (Lipinski definition) is 3. The number of amides is 2. The van der Waals surface area contributed by atoms with E-state index in [1.54, 1.807) is 0 Å². The largest absolute Gasteiger partial charge is 0.440 e. The molecule has 1 unspecified atom stereocenters. The number of para-hydroxylation sites is 2. The molecule has 2 aliphatic rings. The second-order valence-electron chi connectivity index (χ2n) is 8.25. The molecule has 1 saturated heterocycles. The van der Waals surface area contributed by atoms with E-state index in [9.17, 15) is 9.18 Å². The number of urea groups is 1. The van der Waals surface area contributed by atoms with Crippen LogP contribution < -0.4 is 5.32 Å². The van der Waals surface area contributed by atoms with Gasteiger partial charge in [0.25, 0.3) is 0 Å². The lowest BCUT2D eigenvalue weighted by Crippen LogP contribution is -2.46. The number of hydrogen-bond donors (Lipinski definition) is 1. The number of carbonyl (C=O) groups excluding carboxylic acids is 1. The minimum absolute atomic E-state index is 0.0424. The van der Waals surface area contributed by atoms with Crippen molar-refractivity contribution < 1.29 is 13.6 Å². The minimum atomic E-state index is -0.229. The molecular formula is C23H24FN3O2. The molecule has 2 amide bonds. The number of rotatable bonds is 4. The van der Waals surface area contributed by atoms with Crippen molar-refractivity contribution in [2.24, 2.45) is 0 Å². The summed E-state index contributed by atoms with van der Waals surface area (Å²) in [6.45, 7) is 1.94. The molecule has 0 radical (unpaired) electrons. The third-order valence-electron chi connectivity index (χ3n) is 6.26. The summed E-state index contributed by atoms with van der Waals surface area (Å²) >= 11 is 0. The van der Waals surface area contributed by atoms with E-state index in [-0.39, 0.29) is 23.2 Å². The average Bonchev–Trinajstić information content (AvgIpc) is 3.42. The van der Waals surface area contributed by atoms with Crippen molar-refractivity contribution >= 4 is 17.1 Å². The molecule has 1 aromatic heterocycles. The zero-order valence-corrected chi connectivity index (χ0v) is 16.2. The highest BCUT2D eigenvalue weighted by Gasteiger charge is 2.44. The van der Waals surface area contributed by atoms with E-state index in [0.29, 0.717) is 19.0 Å². The molecule has 1 aliphatic carbocycles. The Morgan fingerprint density at radius 2 is 2.00 bits per heavy atom. The first-order valence-electron chi connectivity index (χ1n) is 10.3. The predicted octanol–water partition coefficient (Wildman–Crippen LogP) is 4.59. The molecule has 5 nitrogen and oxygen atoms in total. The third-order valence-corrected chi connectivity index (χ3v) is 6.26. The highest BCUT2D eigenvalue weighted by atomic mass is 19.1. The molecule has 1 N–H and O–H groups in total. The lowest BCUT2D eigenvalue weighted by atomic mass is 9.96. The SMILES string of the molecule is O=C(NCC1(c2ccc(F)cc2)CC1)N1CCCC(c2nc3ccccc3o2)C1. The molecule has 2 fully saturated rings. The van der Waals surface area contributed by atoms with Crippen LogP contribution in [0.4, 0.5) is 9.18 Å². The maximum Gasteiger partial charge on any atom is 0.317 e. The summed E-state index contributed by atoms with van der Waals surface area (Å²) in [6, 6.07) is 14.4. The van der Waals surface area contributed by atoms with Gasteiger partial charge in [0.1, 0.15) is 11.3 Å². The Balaban J connectivity index is 1.22. The molecule has 5 rings (SSSR count). The standard InChI is InChI=1S/C23H24FN3O2/c24-18-9-7-17(8-10-18)23(11-12-23)15-25-22(28)27-13-3-4-16(14-27)21-26-19-5-1-2-6-20(19)29-21/h1-2,5-10,16H,3-4,11-15H2,(H,25,28). The van der Waals surface area contributed by atoms with Crippen molar-refractivity contribution in [2.45, 2.75) is 37.0 Å². The normalized spacial score (nSPS) is 20.6. The van der Waals surface area contributed by atoms with Gasteiger partial charge in [-0.2, -0.15) is 0 Å². The van der Waals surface area contributed by atoms with Crippen LogP contribution in [0, 0.1) is 5.82 Å². The topological polar surface area (TPSA) is 58.4 Å². The lowest BCUT2D eigenvalue weighted by Gasteiger charge is -2.32. The Morgan fingerprint density at radius 1 is 1.21 bits per heavy atom. The van der Waals surface area contributed by atoms with Gasteiger partial charge in [0, 0.05) is 25.0 Å². The van der Waals surface area contributed by atoms with Crippen LogP contribution >= 0.6 is 0 Å². The molecular weight excluding hydrogens is 369 g/mol. The minimum Gasteiger partial charge on any atom is -0.440 e. The van der Waals surface area contributed by atoms with Crippen LogP contribution in [0.25, 0.3) is 11.1 Å². The maximum atomic E-state index is 13.2. The third kappa shape index (κ3) is 3.59. The maximum absolute atomic E-state index is 13.2. The number of oxazole rings is 1. The quantitative estimate of drug-likeness (QED) is 0.705. The Hall–Kier alpha value is -2.89. The summed E-state index contributed by atoms with van der Waals surface area (Å²) in [5, 5.41) is 3.11. The first-order valence-corrected chi connectivity index (χ1v) is 10.3. The Morgan fingerprint density at radius 3 is 2.76 bits per heavy atom. The molecule has 0 bridgehead atoms. The number of nitrogens with zero attached hydrogens (tertiary/aromatic N) is 2. The molecule has 1 saturated carbocycles. The number of halogens is 1. The highest BCUT2D eigenvalue weighted by molar-refractivity contribution is 5.75. The van der Waals surface area contributed by atoms with Crippen LogP contribution in [-0.2, 0) is 5.41 Å². The van der Waals surface area contributed by atoms with Gasteiger partial charge in [-0.25, -0.2) is 14.2 Å². The molecule has 2 heterocycles. The van der Waals surface area contributed by atoms with Crippen LogP contribution in [0.3, 0.4) is 0 Å². The molecule has 150 valence electrons. The van der Waals surface area contributed by atoms with E-state index >= 15 is 0 Å². The average molecular weight is 393 g/mol. The van der Waals surface area contributed by atoms with Crippen LogP contribution in [0.5, 0.6) is 0 Å². The fraction of sp³-hybridized carbons (Fsp3) is 0.391. The summed E-state index contributed by atoms with van der Waals surface area (Å²) < 4.78 is 19.1. The lowest BCUT2D eigenvalue weighted by molar-refractivity contribution is 0.174. The van der Waals surface area contributed by atoms with Gasteiger partial charge in [0.05, 0.1) is 5.92 Å². The molecule has 1 atom stereocenters. The van der Waals surface area contributed by atoms with Crippen molar-refractivity contribution in [3.8, 4) is 0 Å². The van der Waals surface area contributed by atoms with Gasteiger partial charge in [0.2, 0.25) is 0 Å². The highest BCUT2D eigenvalue weighted by Crippen LogP contribution is 2.47. The Kier molecular flexibility index (Phi) is 4.49. The summed E-state index contributed by atoms with van der Waals surface area (Å²) in [4.78, 5) is 19.3. The number of nitrogens with one attached hydrogen (secondary N) is 1. The van der Waals surface area contributed by atoms with Gasteiger partial charge in [-0.15, -0.1) is 0 Å². The molecule has 2 aromatic carbocycles. The smallest absolute Gasteiger partial charge is 0.317 e. The number of piperidine rings is 1. The summed E-state index contributed by atoms with van der Waals surface area (Å²) in [7, 11) is 0. The van der Waals surface area contributed by atoms with Gasteiger partial charge in [-0.1, -0.05) is 24.3 Å². The van der Waals surface area contributed by atoms with Crippen LogP contribution in [0.1, 0.15) is 43.1 Å². The van der Waals surface area contributed by atoms with E-state index in [1.165, 1.54) is 12.1 Å². The fourth-order valence-corrected chi connectivity index (χ4v) is 4.31. The number of benzene rings is 2. The van der Waals surface area contributed by atoms with Crippen molar-refractivity contribution in [1.29, 1.82) is 0 Å². The molecule has 0 spiro atoms. The van der Waals surface area contributed by atoms with Crippen molar-refractivity contribution in [3.63, 3.8) is 0 Å². The van der Waals surface area contributed by atoms with Crippen LogP contribution in [0.2, 0.25) is 0 Å². The van der Waals surface area contributed by atoms with Crippen molar-refractivity contribution in [3.05, 3.63) is 65.8 Å². The Bertz CT molecular complexity index is 993. The van der Waals surface area contributed by atoms with Gasteiger partial charge in [-0.05, 0) is 55.5 Å². The second kappa shape index (κ2) is 7.17. The monoisotopic (exact) mass is 393 g/mol. The van der Waals surface area contributed by atoms with E-state index in [4.69, 9.17) is 4.42 Å². The van der Waals surface area contributed by atoms with Crippen LogP contribution in [-0.4, -0.2) is 35.5 Å². The van der Waals surface area contributed by atoms with Gasteiger partial charge >= 0.3 is 6.03 Å². The Labute approximate surface area is 168 Å². The zero-order valence-electron chi connectivity index (χ0n) is 16.2. The number of fused-ring (bicyclic) bond motifs is 1. The number of likely N-dealkylation sites (tertiary alicyclic amines) is 1. The molecule has 3 aromatic rings. The molecule has 29 heavy (non-hydrogen) atoms. The summed E-state index contributed by atoms with van der Waals surface area (Å²) in [6.07, 6.45) is 3.94. The first-order chi connectivity index (χ1) is 14.1. The van der Waals surface area contributed by atoms with Gasteiger partial charge in [0.15, 0.2) is 11.5 Å². The van der Waals surface area contributed by atoms with E-state index in [2.05, 4.69) is 10.3 Å². The summed E-state index contributed by atoms with van der Waals surface area (Å²) in [5.74, 6) is 0.606. The van der Waals surface area contributed by atoms with Gasteiger partial charge < -0.3 is 14.6 Å². The second-order valence-corrected chi connectivity index (χ2v) is 8.25. The van der Waals surface area contributed by atoms with Crippen molar-refractivity contribution in [2.75, 3.05) is 19.6 Å². The van der Waals surface area contributed by atoms with E-state index in [0.717, 1.165) is 48.9 Å². The van der Waals surface area contributed by atoms with Crippen molar-refractivity contribution in [1.82, 2.24) is 15.2 Å². The van der Waals surface area contributed by atoms with E-state index < -0.39 is 0 Å². The van der Waals surface area contributed by atoms with Gasteiger partial charge in [-0.3, -0.25) is 0 Å². The zero-order chi connectivity index (χ0) is 19.8. The van der Waals surface area contributed by atoms with E-state index in [1.807, 2.05) is 41.3 Å². The molecule has 1 aliphatic heterocycles. The predicted molar refractivity (Wildman–Crippen MR) is 108 cm³/mol. The first kappa shape index (κ1) is 18.2.